The van der Waals surface area contributed by atoms with Crippen molar-refractivity contribution in [3.63, 3.8) is 0 Å². The Morgan fingerprint density at radius 1 is 1.06 bits per heavy atom. The molecule has 94 valence electrons. The van der Waals surface area contributed by atoms with Crippen molar-refractivity contribution in [2.75, 3.05) is 11.1 Å². The zero-order valence-corrected chi connectivity index (χ0v) is 10.4. The summed E-state index contributed by atoms with van der Waals surface area (Å²) < 4.78 is 13.2. The number of hydrogen-bond donors (Lipinski definition) is 2. The second kappa shape index (κ2) is 5.54. The van der Waals surface area contributed by atoms with Crippen molar-refractivity contribution < 1.29 is 4.39 Å². The predicted octanol–water partition coefficient (Wildman–Crippen LogP) is 3.58. The Hall–Kier alpha value is -2.03. The lowest BCUT2D eigenvalue weighted by Crippen LogP contribution is -2.00. The highest BCUT2D eigenvalue weighted by molar-refractivity contribution is 5.52. The molecule has 0 unspecified atom stereocenters. The molecule has 0 heterocycles. The largest absolute Gasteiger partial charge is 0.396 e. The molecule has 3 heteroatoms. The van der Waals surface area contributed by atoms with Gasteiger partial charge in [-0.15, -0.1) is 0 Å². The fourth-order valence-corrected chi connectivity index (χ4v) is 1.73. The van der Waals surface area contributed by atoms with Crippen molar-refractivity contribution in [2.45, 2.75) is 19.9 Å². The maximum atomic E-state index is 13.2. The molecule has 0 aliphatic rings. The summed E-state index contributed by atoms with van der Waals surface area (Å²) in [5.74, 6) is -0.388. The second-order valence-corrected chi connectivity index (χ2v) is 4.26. The van der Waals surface area contributed by atoms with Crippen LogP contribution in [0.2, 0.25) is 0 Å². The summed E-state index contributed by atoms with van der Waals surface area (Å²) in [4.78, 5) is 0. The number of nitrogens with two attached hydrogens (primary N) is 1. The van der Waals surface area contributed by atoms with Crippen LogP contribution in [0, 0.1) is 5.82 Å². The summed E-state index contributed by atoms with van der Waals surface area (Å²) in [6.45, 7) is 2.80. The maximum Gasteiger partial charge on any atom is 0.148 e. The van der Waals surface area contributed by atoms with E-state index < -0.39 is 0 Å². The highest BCUT2D eigenvalue weighted by Gasteiger charge is 2.00. The average molecular weight is 244 g/mol. The van der Waals surface area contributed by atoms with Crippen LogP contribution in [0.15, 0.2) is 42.5 Å². The second-order valence-electron chi connectivity index (χ2n) is 4.26. The van der Waals surface area contributed by atoms with Gasteiger partial charge in [0.15, 0.2) is 0 Å². The lowest BCUT2D eigenvalue weighted by Gasteiger charge is -2.08. The lowest BCUT2D eigenvalue weighted by molar-refractivity contribution is 0.633. The minimum atomic E-state index is -0.388. The Bertz CT molecular complexity index is 521. The number of rotatable bonds is 4. The Morgan fingerprint density at radius 2 is 1.72 bits per heavy atom. The summed E-state index contributed by atoms with van der Waals surface area (Å²) in [5, 5.41) is 3.17. The summed E-state index contributed by atoms with van der Waals surface area (Å²) in [6.07, 6.45) is 1.04. The van der Waals surface area contributed by atoms with Crippen LogP contribution >= 0.6 is 0 Å². The van der Waals surface area contributed by atoms with Gasteiger partial charge in [-0.25, -0.2) is 4.39 Å². The van der Waals surface area contributed by atoms with Gasteiger partial charge in [0.2, 0.25) is 0 Å². The Morgan fingerprint density at radius 3 is 2.33 bits per heavy atom. The molecule has 0 amide bonds. The molecule has 0 atom stereocenters. The highest BCUT2D eigenvalue weighted by Crippen LogP contribution is 2.16. The molecule has 2 rings (SSSR count). The standard InChI is InChI=1S/C15H17FN2/c1-2-11-3-5-12(6-4-11)10-18-13-7-8-15(17)14(16)9-13/h3-9,18H,2,10,17H2,1H3. The fraction of sp³-hybridized carbons (Fsp3) is 0.200. The van der Waals surface area contributed by atoms with E-state index in [9.17, 15) is 4.39 Å². The van der Waals surface area contributed by atoms with E-state index in [1.54, 1.807) is 12.1 Å². The third-order valence-electron chi connectivity index (χ3n) is 2.93. The van der Waals surface area contributed by atoms with Crippen molar-refractivity contribution in [2.24, 2.45) is 0 Å². The topological polar surface area (TPSA) is 38.0 Å². The quantitative estimate of drug-likeness (QED) is 0.807. The Kier molecular flexibility index (Phi) is 3.82. The van der Waals surface area contributed by atoms with Gasteiger partial charge in [-0.3, -0.25) is 0 Å². The summed E-state index contributed by atoms with van der Waals surface area (Å²) in [5.41, 5.74) is 8.82. The Labute approximate surface area is 107 Å². The first-order valence-electron chi connectivity index (χ1n) is 6.05. The van der Waals surface area contributed by atoms with Gasteiger partial charge >= 0.3 is 0 Å². The number of halogens is 1. The van der Waals surface area contributed by atoms with E-state index in [1.165, 1.54) is 17.2 Å². The van der Waals surface area contributed by atoms with Crippen molar-refractivity contribution in [3.8, 4) is 0 Å². The molecular formula is C15H17FN2. The molecule has 2 aromatic carbocycles. The van der Waals surface area contributed by atoms with Crippen LogP contribution in [0.5, 0.6) is 0 Å². The third-order valence-corrected chi connectivity index (χ3v) is 2.93. The molecule has 2 nitrogen and oxygen atoms in total. The first kappa shape index (κ1) is 12.4. The molecule has 0 saturated heterocycles. The molecule has 3 N–H and O–H groups in total. The van der Waals surface area contributed by atoms with Crippen molar-refractivity contribution in [1.29, 1.82) is 0 Å². The molecule has 0 saturated carbocycles. The number of aryl methyl sites for hydroxylation is 1. The van der Waals surface area contributed by atoms with Gasteiger partial charge in [0.1, 0.15) is 5.82 Å². The van der Waals surface area contributed by atoms with Crippen molar-refractivity contribution >= 4 is 11.4 Å². The van der Waals surface area contributed by atoms with E-state index >= 15 is 0 Å². The van der Waals surface area contributed by atoms with Crippen LogP contribution in [-0.4, -0.2) is 0 Å². The minimum Gasteiger partial charge on any atom is -0.396 e. The van der Waals surface area contributed by atoms with Crippen LogP contribution in [0.1, 0.15) is 18.1 Å². The first-order chi connectivity index (χ1) is 8.69. The van der Waals surface area contributed by atoms with Crippen LogP contribution in [0.3, 0.4) is 0 Å². The van der Waals surface area contributed by atoms with Crippen molar-refractivity contribution in [1.82, 2.24) is 0 Å². The van der Waals surface area contributed by atoms with E-state index in [-0.39, 0.29) is 11.5 Å². The number of nitrogen functional groups attached to an aromatic ring is 1. The zero-order valence-electron chi connectivity index (χ0n) is 10.4. The van der Waals surface area contributed by atoms with Crippen LogP contribution in [0.25, 0.3) is 0 Å². The van der Waals surface area contributed by atoms with Gasteiger partial charge in [-0.1, -0.05) is 31.2 Å². The number of hydrogen-bond acceptors (Lipinski definition) is 2. The van der Waals surface area contributed by atoms with Gasteiger partial charge in [0.25, 0.3) is 0 Å². The third kappa shape index (κ3) is 3.00. The molecule has 0 bridgehead atoms. The molecule has 0 aliphatic carbocycles. The molecule has 18 heavy (non-hydrogen) atoms. The van der Waals surface area contributed by atoms with Gasteiger partial charge in [0, 0.05) is 12.2 Å². The van der Waals surface area contributed by atoms with Crippen LogP contribution in [0.4, 0.5) is 15.8 Å². The summed E-state index contributed by atoms with van der Waals surface area (Å²) in [6, 6.07) is 13.1. The lowest BCUT2D eigenvalue weighted by atomic mass is 10.1. The molecule has 0 aromatic heterocycles. The summed E-state index contributed by atoms with van der Waals surface area (Å²) in [7, 11) is 0. The van der Waals surface area contributed by atoms with Crippen molar-refractivity contribution in [3.05, 3.63) is 59.4 Å². The van der Waals surface area contributed by atoms with Gasteiger partial charge in [0.05, 0.1) is 5.69 Å². The Balaban J connectivity index is 1.99. The smallest absolute Gasteiger partial charge is 0.148 e. The number of anilines is 2. The zero-order chi connectivity index (χ0) is 13.0. The highest BCUT2D eigenvalue weighted by atomic mass is 19.1. The monoisotopic (exact) mass is 244 g/mol. The molecular weight excluding hydrogens is 227 g/mol. The minimum absolute atomic E-state index is 0.174. The van der Waals surface area contributed by atoms with Crippen LogP contribution < -0.4 is 11.1 Å². The van der Waals surface area contributed by atoms with E-state index in [0.717, 1.165) is 12.1 Å². The van der Waals surface area contributed by atoms with Gasteiger partial charge in [-0.05, 0) is 35.7 Å². The molecule has 0 radical (unpaired) electrons. The van der Waals surface area contributed by atoms with E-state index in [2.05, 4.69) is 36.5 Å². The first-order valence-corrected chi connectivity index (χ1v) is 6.05. The van der Waals surface area contributed by atoms with E-state index in [0.29, 0.717) is 6.54 Å². The SMILES string of the molecule is CCc1ccc(CNc2ccc(N)c(F)c2)cc1. The fourth-order valence-electron chi connectivity index (χ4n) is 1.73. The summed E-state index contributed by atoms with van der Waals surface area (Å²) >= 11 is 0. The molecule has 0 fully saturated rings. The number of benzene rings is 2. The van der Waals surface area contributed by atoms with Crippen LogP contribution in [-0.2, 0) is 13.0 Å². The number of nitrogens with one attached hydrogen (secondary N) is 1. The average Bonchev–Trinajstić information content (AvgIpc) is 2.41. The molecule has 0 aliphatic heterocycles. The van der Waals surface area contributed by atoms with Gasteiger partial charge in [-0.2, -0.15) is 0 Å². The molecule has 2 aromatic rings. The normalized spacial score (nSPS) is 10.3. The molecule has 0 spiro atoms. The maximum absolute atomic E-state index is 13.2. The van der Waals surface area contributed by atoms with E-state index in [1.807, 2.05) is 0 Å². The predicted molar refractivity (Wildman–Crippen MR) is 74.0 cm³/mol. The van der Waals surface area contributed by atoms with Gasteiger partial charge < -0.3 is 11.1 Å². The van der Waals surface area contributed by atoms with E-state index in [4.69, 9.17) is 5.73 Å².